The smallest absolute Gasteiger partial charge is 0.273 e. The van der Waals surface area contributed by atoms with Crippen molar-refractivity contribution in [3.05, 3.63) is 41.7 Å². The Morgan fingerprint density at radius 3 is 2.72 bits per heavy atom. The summed E-state index contributed by atoms with van der Waals surface area (Å²) in [6.07, 6.45) is 3.04. The molecule has 3 rings (SSSR count). The number of carbonyl (C=O) groups excluding carboxylic acids is 1. The highest BCUT2D eigenvalue weighted by Gasteiger charge is 2.09. The second-order valence-corrected chi connectivity index (χ2v) is 5.56. The summed E-state index contributed by atoms with van der Waals surface area (Å²) in [6, 6.07) is 3.79. The van der Waals surface area contributed by atoms with E-state index in [9.17, 15) is 4.79 Å². The highest BCUT2D eigenvalue weighted by molar-refractivity contribution is 5.91. The first kappa shape index (κ1) is 16.6. The molecule has 3 aromatic heterocycles. The number of carbonyl (C=O) groups is 1. The first-order chi connectivity index (χ1) is 12.0. The van der Waals surface area contributed by atoms with Crippen LogP contribution in [-0.2, 0) is 7.05 Å². The molecule has 1 amide bonds. The predicted octanol–water partition coefficient (Wildman–Crippen LogP) is 0.250. The number of aromatic nitrogens is 7. The molecule has 3 aromatic rings. The van der Waals surface area contributed by atoms with Gasteiger partial charge >= 0.3 is 0 Å². The molecule has 0 aliphatic heterocycles. The van der Waals surface area contributed by atoms with Crippen molar-refractivity contribution in [3.63, 3.8) is 0 Å². The van der Waals surface area contributed by atoms with Crippen LogP contribution in [0.3, 0.4) is 0 Å². The molecule has 0 unspecified atom stereocenters. The molecular formula is C15H19N9O. The summed E-state index contributed by atoms with van der Waals surface area (Å²) in [5.74, 6) is 1.08. The minimum Gasteiger partial charge on any atom is -0.368 e. The lowest BCUT2D eigenvalue weighted by Crippen LogP contribution is -2.29. The number of rotatable bonds is 6. The van der Waals surface area contributed by atoms with Crippen molar-refractivity contribution in [1.82, 2.24) is 40.1 Å². The van der Waals surface area contributed by atoms with Gasteiger partial charge in [-0.1, -0.05) is 5.21 Å². The van der Waals surface area contributed by atoms with E-state index in [1.54, 1.807) is 17.9 Å². The molecule has 0 aliphatic rings. The molecule has 2 N–H and O–H groups in total. The van der Waals surface area contributed by atoms with Gasteiger partial charge in [-0.15, -0.1) is 5.10 Å². The van der Waals surface area contributed by atoms with Gasteiger partial charge in [-0.05, 0) is 19.9 Å². The first-order valence-corrected chi connectivity index (χ1v) is 7.77. The first-order valence-electron chi connectivity index (χ1n) is 7.77. The molecular weight excluding hydrogens is 322 g/mol. The highest BCUT2D eigenvalue weighted by atomic mass is 16.2. The van der Waals surface area contributed by atoms with Crippen molar-refractivity contribution in [3.8, 4) is 5.82 Å². The van der Waals surface area contributed by atoms with Crippen LogP contribution in [0.25, 0.3) is 5.82 Å². The number of hydrogen-bond donors (Lipinski definition) is 2. The molecule has 0 aromatic carbocycles. The van der Waals surface area contributed by atoms with Gasteiger partial charge in [0.1, 0.15) is 12.1 Å². The summed E-state index contributed by atoms with van der Waals surface area (Å²) in [5.41, 5.74) is 2.21. The van der Waals surface area contributed by atoms with Gasteiger partial charge in [0, 0.05) is 31.9 Å². The summed E-state index contributed by atoms with van der Waals surface area (Å²) < 4.78 is 3.24. The Morgan fingerprint density at radius 2 is 2.04 bits per heavy atom. The predicted molar refractivity (Wildman–Crippen MR) is 90.5 cm³/mol. The van der Waals surface area contributed by atoms with Gasteiger partial charge in [0.15, 0.2) is 11.5 Å². The third kappa shape index (κ3) is 3.97. The largest absolute Gasteiger partial charge is 0.368 e. The summed E-state index contributed by atoms with van der Waals surface area (Å²) in [6.45, 7) is 4.84. The molecule has 130 valence electrons. The standard InChI is InChI=1S/C15H19N9O/c1-10-6-11(2)24(21-10)14-7-13(18-9-19-14)16-4-5-17-15(25)12-8-23(3)22-20-12/h6-9H,4-5H2,1-3H3,(H,17,25)(H,16,18,19). The van der Waals surface area contributed by atoms with Gasteiger partial charge in [-0.25, -0.2) is 14.6 Å². The Morgan fingerprint density at radius 1 is 1.20 bits per heavy atom. The molecule has 0 radical (unpaired) electrons. The highest BCUT2D eigenvalue weighted by Crippen LogP contribution is 2.11. The van der Waals surface area contributed by atoms with E-state index < -0.39 is 0 Å². The number of amides is 1. The molecule has 0 bridgehead atoms. The fourth-order valence-corrected chi connectivity index (χ4v) is 2.33. The maximum atomic E-state index is 11.9. The Labute approximate surface area is 144 Å². The second-order valence-electron chi connectivity index (χ2n) is 5.56. The lowest BCUT2D eigenvalue weighted by Gasteiger charge is -2.08. The van der Waals surface area contributed by atoms with Crippen LogP contribution in [0, 0.1) is 13.8 Å². The molecule has 0 aliphatic carbocycles. The van der Waals surface area contributed by atoms with Gasteiger partial charge in [-0.2, -0.15) is 5.10 Å². The maximum absolute atomic E-state index is 11.9. The van der Waals surface area contributed by atoms with E-state index in [4.69, 9.17) is 0 Å². The van der Waals surface area contributed by atoms with Crippen LogP contribution < -0.4 is 10.6 Å². The minimum atomic E-state index is -0.263. The zero-order valence-electron chi connectivity index (χ0n) is 14.3. The fourth-order valence-electron chi connectivity index (χ4n) is 2.33. The lowest BCUT2D eigenvalue weighted by atomic mass is 10.4. The third-order valence-electron chi connectivity index (χ3n) is 3.43. The normalized spacial score (nSPS) is 10.7. The van der Waals surface area contributed by atoms with Crippen molar-refractivity contribution in [1.29, 1.82) is 0 Å². The van der Waals surface area contributed by atoms with E-state index in [-0.39, 0.29) is 11.6 Å². The van der Waals surface area contributed by atoms with Gasteiger partial charge < -0.3 is 10.6 Å². The average Bonchev–Trinajstić information content (AvgIpc) is 3.17. The van der Waals surface area contributed by atoms with Crippen molar-refractivity contribution >= 4 is 11.7 Å². The Kier molecular flexibility index (Phi) is 4.68. The lowest BCUT2D eigenvalue weighted by molar-refractivity contribution is 0.0950. The Bertz CT molecular complexity index is 883. The number of nitrogens with zero attached hydrogens (tertiary/aromatic N) is 7. The fraction of sp³-hybridized carbons (Fsp3) is 0.333. The van der Waals surface area contributed by atoms with Gasteiger partial charge in [0.25, 0.3) is 5.91 Å². The van der Waals surface area contributed by atoms with Gasteiger partial charge in [-0.3, -0.25) is 9.48 Å². The van der Waals surface area contributed by atoms with Crippen LogP contribution in [-0.4, -0.2) is 53.7 Å². The van der Waals surface area contributed by atoms with Crippen LogP contribution in [0.2, 0.25) is 0 Å². The molecule has 0 saturated carbocycles. The minimum absolute atomic E-state index is 0.263. The molecule has 25 heavy (non-hydrogen) atoms. The molecule has 0 spiro atoms. The molecule has 3 heterocycles. The van der Waals surface area contributed by atoms with Gasteiger partial charge in [0.2, 0.25) is 0 Å². The maximum Gasteiger partial charge on any atom is 0.273 e. The van der Waals surface area contributed by atoms with Crippen molar-refractivity contribution in [2.75, 3.05) is 18.4 Å². The Hall–Kier alpha value is -3.30. The molecule has 0 fully saturated rings. The van der Waals surface area contributed by atoms with E-state index in [0.717, 1.165) is 11.4 Å². The summed E-state index contributed by atoms with van der Waals surface area (Å²) in [5, 5.41) is 17.8. The van der Waals surface area contributed by atoms with Crippen LogP contribution in [0.5, 0.6) is 0 Å². The van der Waals surface area contributed by atoms with Crippen molar-refractivity contribution in [2.45, 2.75) is 13.8 Å². The van der Waals surface area contributed by atoms with E-state index in [1.165, 1.54) is 11.0 Å². The average molecular weight is 341 g/mol. The number of anilines is 1. The van der Waals surface area contributed by atoms with E-state index >= 15 is 0 Å². The molecule has 0 saturated heterocycles. The Balaban J connectivity index is 1.54. The molecule has 0 atom stereocenters. The monoisotopic (exact) mass is 341 g/mol. The molecule has 10 nitrogen and oxygen atoms in total. The number of nitrogens with one attached hydrogen (secondary N) is 2. The summed E-state index contributed by atoms with van der Waals surface area (Å²) in [4.78, 5) is 20.3. The van der Waals surface area contributed by atoms with Crippen LogP contribution in [0.15, 0.2) is 24.7 Å². The quantitative estimate of drug-likeness (QED) is 0.617. The zero-order valence-corrected chi connectivity index (χ0v) is 14.3. The van der Waals surface area contributed by atoms with Crippen LogP contribution >= 0.6 is 0 Å². The van der Waals surface area contributed by atoms with Gasteiger partial charge in [0.05, 0.1) is 11.9 Å². The summed E-state index contributed by atoms with van der Waals surface area (Å²) in [7, 11) is 1.71. The summed E-state index contributed by atoms with van der Waals surface area (Å²) >= 11 is 0. The van der Waals surface area contributed by atoms with E-state index in [2.05, 4.69) is 36.0 Å². The second kappa shape index (κ2) is 7.07. The third-order valence-corrected chi connectivity index (χ3v) is 3.43. The SMILES string of the molecule is Cc1cc(C)n(-c2cc(NCCNC(=O)c3cn(C)nn3)ncn2)n1. The van der Waals surface area contributed by atoms with Crippen LogP contribution in [0.4, 0.5) is 5.82 Å². The van der Waals surface area contributed by atoms with E-state index in [1.807, 2.05) is 26.0 Å². The number of hydrogen-bond acceptors (Lipinski definition) is 7. The van der Waals surface area contributed by atoms with Crippen LogP contribution in [0.1, 0.15) is 21.9 Å². The van der Waals surface area contributed by atoms with Crippen molar-refractivity contribution < 1.29 is 4.79 Å². The van der Waals surface area contributed by atoms with E-state index in [0.29, 0.717) is 24.7 Å². The topological polar surface area (TPSA) is 115 Å². The van der Waals surface area contributed by atoms with Crippen molar-refractivity contribution in [2.24, 2.45) is 7.05 Å². The molecule has 10 heteroatoms. The number of aryl methyl sites for hydroxylation is 3. The zero-order chi connectivity index (χ0) is 17.8.